The first-order valence-corrected chi connectivity index (χ1v) is 6.28. The van der Waals surface area contributed by atoms with Crippen molar-refractivity contribution in [2.24, 2.45) is 0 Å². The van der Waals surface area contributed by atoms with E-state index in [-0.39, 0.29) is 0 Å². The van der Waals surface area contributed by atoms with Gasteiger partial charge < -0.3 is 15.2 Å². The summed E-state index contributed by atoms with van der Waals surface area (Å²) < 4.78 is 5.29. The fraction of sp³-hybridized carbons (Fsp3) is 0.500. The van der Waals surface area contributed by atoms with Crippen LogP contribution in [0.5, 0.6) is 5.75 Å². The fourth-order valence-corrected chi connectivity index (χ4v) is 2.55. The predicted octanol–water partition coefficient (Wildman–Crippen LogP) is 1.83. The molecule has 1 aromatic rings. The number of rotatable bonds is 4. The molecule has 0 radical (unpaired) electrons. The summed E-state index contributed by atoms with van der Waals surface area (Å²) in [5.41, 5.74) is 0.101. The van der Waals surface area contributed by atoms with Crippen molar-refractivity contribution in [2.45, 2.75) is 31.2 Å². The maximum absolute atomic E-state index is 11.6. The van der Waals surface area contributed by atoms with Crippen LogP contribution in [0.4, 0.5) is 0 Å². The molecule has 2 N–H and O–H groups in total. The number of piperidine rings is 1. The van der Waals surface area contributed by atoms with Gasteiger partial charge in [-0.1, -0.05) is 18.2 Å². The maximum atomic E-state index is 11.6. The standard InChI is InChI=1S/C14H19NO3/c1-18-12-7-3-2-6-11(12)10-14(13(16)17)8-4-5-9-15-14/h2-3,6-7,15H,4-5,8-10H2,1H3,(H,16,17). The Morgan fingerprint density at radius 2 is 2.22 bits per heavy atom. The van der Waals surface area contributed by atoms with Gasteiger partial charge in [0.25, 0.3) is 0 Å². The summed E-state index contributed by atoms with van der Waals surface area (Å²) in [6.45, 7) is 0.765. The van der Waals surface area contributed by atoms with Crippen molar-refractivity contribution in [3.8, 4) is 5.75 Å². The topological polar surface area (TPSA) is 58.6 Å². The summed E-state index contributed by atoms with van der Waals surface area (Å²) in [5, 5.41) is 12.7. The second-order valence-corrected chi connectivity index (χ2v) is 4.76. The number of methoxy groups -OCH3 is 1. The molecule has 0 bridgehead atoms. The van der Waals surface area contributed by atoms with Gasteiger partial charge in [-0.15, -0.1) is 0 Å². The number of para-hydroxylation sites is 1. The van der Waals surface area contributed by atoms with E-state index >= 15 is 0 Å². The molecule has 4 heteroatoms. The number of benzene rings is 1. The highest BCUT2D eigenvalue weighted by Gasteiger charge is 2.39. The molecule has 1 fully saturated rings. The largest absolute Gasteiger partial charge is 0.496 e. The Hall–Kier alpha value is -1.55. The van der Waals surface area contributed by atoms with Crippen LogP contribution in [0.15, 0.2) is 24.3 Å². The Morgan fingerprint density at radius 1 is 1.44 bits per heavy atom. The maximum Gasteiger partial charge on any atom is 0.324 e. The number of hydrogen-bond acceptors (Lipinski definition) is 3. The molecule has 0 aromatic heterocycles. The predicted molar refractivity (Wildman–Crippen MR) is 68.9 cm³/mol. The lowest BCUT2D eigenvalue weighted by Crippen LogP contribution is -2.56. The summed E-state index contributed by atoms with van der Waals surface area (Å²) in [4.78, 5) is 11.6. The average molecular weight is 249 g/mol. The highest BCUT2D eigenvalue weighted by Crippen LogP contribution is 2.28. The number of carboxylic acid groups (broad SMARTS) is 1. The van der Waals surface area contributed by atoms with Gasteiger partial charge in [0.05, 0.1) is 7.11 Å². The van der Waals surface area contributed by atoms with Gasteiger partial charge in [-0.05, 0) is 37.4 Å². The van der Waals surface area contributed by atoms with Crippen molar-refractivity contribution >= 4 is 5.97 Å². The Labute approximate surface area is 107 Å². The Bertz CT molecular complexity index is 425. The molecule has 0 saturated carbocycles. The van der Waals surface area contributed by atoms with E-state index in [1.54, 1.807) is 7.11 Å². The molecule has 1 saturated heterocycles. The third-order valence-electron chi connectivity index (χ3n) is 3.59. The monoisotopic (exact) mass is 249 g/mol. The van der Waals surface area contributed by atoms with Crippen LogP contribution in [0.2, 0.25) is 0 Å². The number of hydrogen-bond donors (Lipinski definition) is 2. The van der Waals surface area contributed by atoms with Gasteiger partial charge >= 0.3 is 5.97 Å². The van der Waals surface area contributed by atoms with Crippen LogP contribution in [0.25, 0.3) is 0 Å². The number of nitrogens with one attached hydrogen (secondary N) is 1. The number of ether oxygens (including phenoxy) is 1. The van der Waals surface area contributed by atoms with Gasteiger partial charge in [0.2, 0.25) is 0 Å². The van der Waals surface area contributed by atoms with Gasteiger partial charge in [0.1, 0.15) is 11.3 Å². The second-order valence-electron chi connectivity index (χ2n) is 4.76. The van der Waals surface area contributed by atoms with E-state index in [4.69, 9.17) is 4.74 Å². The van der Waals surface area contributed by atoms with Crippen molar-refractivity contribution in [2.75, 3.05) is 13.7 Å². The quantitative estimate of drug-likeness (QED) is 0.854. The van der Waals surface area contributed by atoms with Gasteiger partial charge in [-0.25, -0.2) is 0 Å². The lowest BCUT2D eigenvalue weighted by molar-refractivity contribution is -0.146. The van der Waals surface area contributed by atoms with Crippen LogP contribution in [0, 0.1) is 0 Å². The van der Waals surface area contributed by atoms with E-state index < -0.39 is 11.5 Å². The van der Waals surface area contributed by atoms with E-state index in [2.05, 4.69) is 5.32 Å². The molecule has 98 valence electrons. The molecule has 1 heterocycles. The molecule has 18 heavy (non-hydrogen) atoms. The molecule has 1 aromatic carbocycles. The Morgan fingerprint density at radius 3 is 2.83 bits per heavy atom. The van der Waals surface area contributed by atoms with Crippen molar-refractivity contribution in [1.29, 1.82) is 0 Å². The van der Waals surface area contributed by atoms with Crippen molar-refractivity contribution in [3.05, 3.63) is 29.8 Å². The zero-order chi connectivity index (χ0) is 13.0. The normalized spacial score (nSPS) is 23.6. The van der Waals surface area contributed by atoms with Gasteiger partial charge in [-0.2, -0.15) is 0 Å². The van der Waals surface area contributed by atoms with E-state index in [1.807, 2.05) is 24.3 Å². The lowest BCUT2D eigenvalue weighted by Gasteiger charge is -2.34. The zero-order valence-corrected chi connectivity index (χ0v) is 10.6. The third kappa shape index (κ3) is 2.48. The Kier molecular flexibility index (Phi) is 3.87. The van der Waals surface area contributed by atoms with Crippen LogP contribution in [0.3, 0.4) is 0 Å². The molecule has 0 aliphatic carbocycles. The first-order chi connectivity index (χ1) is 8.68. The van der Waals surface area contributed by atoms with Crippen molar-refractivity contribution in [3.63, 3.8) is 0 Å². The van der Waals surface area contributed by atoms with Crippen molar-refractivity contribution in [1.82, 2.24) is 5.32 Å². The van der Waals surface area contributed by atoms with Crippen LogP contribution in [-0.4, -0.2) is 30.3 Å². The highest BCUT2D eigenvalue weighted by atomic mass is 16.5. The SMILES string of the molecule is COc1ccccc1CC1(C(=O)O)CCCCN1. The number of aliphatic carboxylic acids is 1. The van der Waals surface area contributed by atoms with Gasteiger partial charge in [0, 0.05) is 6.42 Å². The molecule has 1 aliphatic rings. The van der Waals surface area contributed by atoms with Gasteiger partial charge in [0.15, 0.2) is 0 Å². The number of carboxylic acids is 1. The highest BCUT2D eigenvalue weighted by molar-refractivity contribution is 5.79. The minimum atomic E-state index is -0.840. The first-order valence-electron chi connectivity index (χ1n) is 6.28. The molecule has 2 rings (SSSR count). The summed E-state index contributed by atoms with van der Waals surface area (Å²) in [6, 6.07) is 7.60. The molecule has 1 aliphatic heterocycles. The molecular weight excluding hydrogens is 230 g/mol. The van der Waals surface area contributed by atoms with Crippen LogP contribution < -0.4 is 10.1 Å². The molecule has 4 nitrogen and oxygen atoms in total. The minimum Gasteiger partial charge on any atom is -0.496 e. The smallest absolute Gasteiger partial charge is 0.324 e. The van der Waals surface area contributed by atoms with E-state index in [1.165, 1.54) is 0 Å². The molecule has 1 atom stereocenters. The average Bonchev–Trinajstić information content (AvgIpc) is 2.40. The lowest BCUT2D eigenvalue weighted by atomic mass is 9.83. The van der Waals surface area contributed by atoms with Crippen LogP contribution in [-0.2, 0) is 11.2 Å². The minimum absolute atomic E-state index is 0.465. The summed E-state index contributed by atoms with van der Waals surface area (Å²) in [7, 11) is 1.61. The van der Waals surface area contributed by atoms with Crippen LogP contribution >= 0.6 is 0 Å². The molecule has 1 unspecified atom stereocenters. The van der Waals surface area contributed by atoms with E-state index in [0.29, 0.717) is 12.8 Å². The van der Waals surface area contributed by atoms with Gasteiger partial charge in [-0.3, -0.25) is 4.79 Å². The van der Waals surface area contributed by atoms with Crippen LogP contribution in [0.1, 0.15) is 24.8 Å². The van der Waals surface area contributed by atoms with Crippen molar-refractivity contribution < 1.29 is 14.6 Å². The molecular formula is C14H19NO3. The molecule has 0 spiro atoms. The van der Waals surface area contributed by atoms with E-state index in [0.717, 1.165) is 30.7 Å². The summed E-state index contributed by atoms with van der Waals surface area (Å²) in [5.74, 6) is -0.0152. The Balaban J connectivity index is 2.26. The third-order valence-corrected chi connectivity index (χ3v) is 3.59. The summed E-state index contributed by atoms with van der Waals surface area (Å²) >= 11 is 0. The first kappa shape index (κ1) is 12.9. The second kappa shape index (κ2) is 5.40. The fourth-order valence-electron chi connectivity index (χ4n) is 2.55. The molecule has 0 amide bonds. The zero-order valence-electron chi connectivity index (χ0n) is 10.6. The number of carbonyl (C=O) groups is 1. The summed E-state index contributed by atoms with van der Waals surface area (Å²) in [6.07, 6.45) is 3.13. The van der Waals surface area contributed by atoms with E-state index in [9.17, 15) is 9.90 Å².